The van der Waals surface area contributed by atoms with E-state index in [0.717, 1.165) is 31.9 Å². The first-order chi connectivity index (χ1) is 11.3. The molecule has 6 nitrogen and oxygen atoms in total. The van der Waals surface area contributed by atoms with E-state index in [0.29, 0.717) is 24.7 Å². The van der Waals surface area contributed by atoms with Crippen molar-refractivity contribution in [1.82, 2.24) is 15.0 Å². The number of hydrogen-bond acceptors (Lipinski definition) is 6. The predicted molar refractivity (Wildman–Crippen MR) is 88.1 cm³/mol. The van der Waals surface area contributed by atoms with Crippen LogP contribution in [0.3, 0.4) is 0 Å². The number of aromatic nitrogens is 2. The Labute approximate surface area is 137 Å². The first-order valence-electron chi connectivity index (χ1n) is 8.17. The zero-order valence-electron chi connectivity index (χ0n) is 13.8. The summed E-state index contributed by atoms with van der Waals surface area (Å²) in [5, 5.41) is 14.1. The molecule has 1 aromatic heterocycles. The molecule has 1 aliphatic rings. The van der Waals surface area contributed by atoms with Crippen molar-refractivity contribution in [2.45, 2.75) is 26.4 Å². The number of aliphatic hydroxyl groups excluding tert-OH is 1. The fourth-order valence-electron chi connectivity index (χ4n) is 2.39. The Balaban J connectivity index is 0.000000924. The number of β-amino-alcohol motifs (C(OH)–C–C–N with tert-alkyl or cyclic N) is 1. The summed E-state index contributed by atoms with van der Waals surface area (Å²) < 4.78 is 10.5. The molecule has 1 N–H and O–H groups in total. The van der Waals surface area contributed by atoms with Crippen molar-refractivity contribution in [2.75, 3.05) is 32.8 Å². The minimum atomic E-state index is -0.507. The molecule has 0 aliphatic carbocycles. The molecule has 1 unspecified atom stereocenters. The Morgan fingerprint density at radius 2 is 1.87 bits per heavy atom. The fraction of sp³-hybridized carbons (Fsp3) is 0.529. The number of aliphatic hydroxyl groups is 1. The minimum absolute atomic E-state index is 0.372. The summed E-state index contributed by atoms with van der Waals surface area (Å²) in [6, 6.07) is 9.66. The highest BCUT2D eigenvalue weighted by molar-refractivity contribution is 5.53. The summed E-state index contributed by atoms with van der Waals surface area (Å²) in [5.41, 5.74) is 0.912. The largest absolute Gasteiger partial charge is 0.391 e. The maximum absolute atomic E-state index is 10.1. The van der Waals surface area contributed by atoms with Crippen LogP contribution in [0.2, 0.25) is 0 Å². The molecule has 0 amide bonds. The summed E-state index contributed by atoms with van der Waals surface area (Å²) in [5.74, 6) is 1.03. The maximum Gasteiger partial charge on any atom is 0.229 e. The van der Waals surface area contributed by atoms with Crippen LogP contribution in [0, 0.1) is 0 Å². The van der Waals surface area contributed by atoms with E-state index in [1.54, 1.807) is 0 Å². The van der Waals surface area contributed by atoms with E-state index in [9.17, 15) is 5.11 Å². The Hall–Kier alpha value is -1.76. The molecule has 6 heteroatoms. The van der Waals surface area contributed by atoms with Crippen molar-refractivity contribution in [3.63, 3.8) is 0 Å². The zero-order chi connectivity index (χ0) is 16.5. The topological polar surface area (TPSA) is 71.6 Å². The first-order valence-corrected chi connectivity index (χ1v) is 8.17. The molecular formula is C17H25N3O3. The predicted octanol–water partition coefficient (Wildman–Crippen LogP) is 2.00. The molecule has 0 spiro atoms. The Morgan fingerprint density at radius 1 is 1.17 bits per heavy atom. The van der Waals surface area contributed by atoms with Gasteiger partial charge in [0.15, 0.2) is 0 Å². The van der Waals surface area contributed by atoms with Gasteiger partial charge in [0, 0.05) is 25.2 Å². The molecule has 126 valence electrons. The number of hydrogen-bond donors (Lipinski definition) is 1. The molecular weight excluding hydrogens is 294 g/mol. The average Bonchev–Trinajstić information content (AvgIpc) is 3.07. The summed E-state index contributed by atoms with van der Waals surface area (Å²) in [6.07, 6.45) is -0.135. The van der Waals surface area contributed by atoms with Crippen LogP contribution in [-0.2, 0) is 11.2 Å². The zero-order valence-corrected chi connectivity index (χ0v) is 13.8. The maximum atomic E-state index is 10.1. The molecule has 1 atom stereocenters. The molecule has 1 fully saturated rings. The lowest BCUT2D eigenvalue weighted by Gasteiger charge is -2.28. The molecule has 23 heavy (non-hydrogen) atoms. The van der Waals surface area contributed by atoms with Gasteiger partial charge < -0.3 is 14.4 Å². The average molecular weight is 319 g/mol. The lowest BCUT2D eigenvalue weighted by atomic mass is 10.2. The smallest absolute Gasteiger partial charge is 0.229 e. The molecule has 2 aromatic rings. The monoisotopic (exact) mass is 319 g/mol. The van der Waals surface area contributed by atoms with Crippen LogP contribution in [0.4, 0.5) is 0 Å². The van der Waals surface area contributed by atoms with Gasteiger partial charge in [0.05, 0.1) is 25.7 Å². The van der Waals surface area contributed by atoms with Gasteiger partial charge in [0.25, 0.3) is 0 Å². The van der Waals surface area contributed by atoms with Gasteiger partial charge in [-0.1, -0.05) is 49.3 Å². The molecule has 2 heterocycles. The Bertz CT molecular complexity index is 553. The fourth-order valence-corrected chi connectivity index (χ4v) is 2.39. The van der Waals surface area contributed by atoms with E-state index in [-0.39, 0.29) is 0 Å². The third-order valence-electron chi connectivity index (χ3n) is 3.48. The molecule has 1 saturated heterocycles. The van der Waals surface area contributed by atoms with Gasteiger partial charge >= 0.3 is 0 Å². The minimum Gasteiger partial charge on any atom is -0.391 e. The van der Waals surface area contributed by atoms with Crippen LogP contribution in [0.25, 0.3) is 11.4 Å². The van der Waals surface area contributed by atoms with E-state index < -0.39 is 6.10 Å². The SMILES string of the molecule is CC.OC(Cc1nc(-c2ccccc2)no1)CN1CCOCC1. The van der Waals surface area contributed by atoms with Crippen molar-refractivity contribution in [2.24, 2.45) is 0 Å². The van der Waals surface area contributed by atoms with Gasteiger partial charge in [-0.2, -0.15) is 4.98 Å². The third kappa shape index (κ3) is 5.42. The number of benzene rings is 1. The van der Waals surface area contributed by atoms with E-state index >= 15 is 0 Å². The summed E-state index contributed by atoms with van der Waals surface area (Å²) in [7, 11) is 0. The van der Waals surface area contributed by atoms with Crippen molar-refractivity contribution in [1.29, 1.82) is 0 Å². The second-order valence-corrected chi connectivity index (χ2v) is 5.15. The number of morpholine rings is 1. The van der Waals surface area contributed by atoms with E-state index in [1.165, 1.54) is 0 Å². The lowest BCUT2D eigenvalue weighted by molar-refractivity contribution is 0.0136. The molecule has 1 aromatic carbocycles. The highest BCUT2D eigenvalue weighted by atomic mass is 16.5. The van der Waals surface area contributed by atoms with Gasteiger partial charge in [-0.3, -0.25) is 4.90 Å². The van der Waals surface area contributed by atoms with Crippen LogP contribution in [-0.4, -0.2) is 59.1 Å². The number of nitrogens with zero attached hydrogens (tertiary/aromatic N) is 3. The van der Waals surface area contributed by atoms with Crippen LogP contribution >= 0.6 is 0 Å². The van der Waals surface area contributed by atoms with E-state index in [1.807, 2.05) is 44.2 Å². The lowest BCUT2D eigenvalue weighted by Crippen LogP contribution is -2.41. The number of ether oxygens (including phenoxy) is 1. The highest BCUT2D eigenvalue weighted by Crippen LogP contribution is 2.15. The Morgan fingerprint density at radius 3 is 2.57 bits per heavy atom. The van der Waals surface area contributed by atoms with Crippen molar-refractivity contribution in [3.05, 3.63) is 36.2 Å². The van der Waals surface area contributed by atoms with Crippen molar-refractivity contribution >= 4 is 0 Å². The molecule has 3 rings (SSSR count). The standard InChI is InChI=1S/C15H19N3O3.C2H6/c19-13(11-18-6-8-20-9-7-18)10-14-16-15(17-21-14)12-4-2-1-3-5-12;1-2/h1-5,13,19H,6-11H2;1-2H3. The van der Waals surface area contributed by atoms with Crippen LogP contribution in [0.5, 0.6) is 0 Å². The summed E-state index contributed by atoms with van der Waals surface area (Å²) >= 11 is 0. The molecule has 1 aliphatic heterocycles. The Kier molecular flexibility index (Phi) is 7.19. The van der Waals surface area contributed by atoms with Gasteiger partial charge in [-0.15, -0.1) is 0 Å². The first kappa shape index (κ1) is 17.6. The van der Waals surface area contributed by atoms with Gasteiger partial charge in [0.2, 0.25) is 11.7 Å². The quantitative estimate of drug-likeness (QED) is 0.909. The summed E-state index contributed by atoms with van der Waals surface area (Å²) in [4.78, 5) is 6.52. The van der Waals surface area contributed by atoms with Crippen molar-refractivity contribution < 1.29 is 14.4 Å². The van der Waals surface area contributed by atoms with Crippen molar-refractivity contribution in [3.8, 4) is 11.4 Å². The highest BCUT2D eigenvalue weighted by Gasteiger charge is 2.18. The second-order valence-electron chi connectivity index (χ2n) is 5.15. The van der Waals surface area contributed by atoms with E-state index in [2.05, 4.69) is 15.0 Å². The van der Waals surface area contributed by atoms with Gasteiger partial charge in [-0.25, -0.2) is 0 Å². The number of rotatable bonds is 5. The molecule has 0 saturated carbocycles. The van der Waals surface area contributed by atoms with Gasteiger partial charge in [0.1, 0.15) is 0 Å². The third-order valence-corrected chi connectivity index (χ3v) is 3.48. The van der Waals surface area contributed by atoms with Crippen LogP contribution in [0.1, 0.15) is 19.7 Å². The van der Waals surface area contributed by atoms with Crippen LogP contribution in [0.15, 0.2) is 34.9 Å². The summed E-state index contributed by atoms with van der Waals surface area (Å²) in [6.45, 7) is 7.77. The van der Waals surface area contributed by atoms with Crippen LogP contribution < -0.4 is 0 Å². The molecule has 0 radical (unpaired) electrons. The normalized spacial score (nSPS) is 16.5. The second kappa shape index (κ2) is 9.39. The van der Waals surface area contributed by atoms with Gasteiger partial charge in [-0.05, 0) is 0 Å². The van der Waals surface area contributed by atoms with E-state index in [4.69, 9.17) is 9.26 Å². The molecule has 0 bridgehead atoms.